The first kappa shape index (κ1) is 19.9. The minimum absolute atomic E-state index is 0.0254. The molecule has 0 fully saturated rings. The highest BCUT2D eigenvalue weighted by Crippen LogP contribution is 2.39. The summed E-state index contributed by atoms with van der Waals surface area (Å²) in [6, 6.07) is 3.19. The van der Waals surface area contributed by atoms with Gasteiger partial charge in [-0.3, -0.25) is 10.2 Å². The molecule has 0 aliphatic carbocycles. The maximum absolute atomic E-state index is 12.4. The van der Waals surface area contributed by atoms with E-state index in [0.717, 1.165) is 23.1 Å². The van der Waals surface area contributed by atoms with E-state index in [0.29, 0.717) is 22.8 Å². The summed E-state index contributed by atoms with van der Waals surface area (Å²) in [5, 5.41) is 8.03. The van der Waals surface area contributed by atoms with Gasteiger partial charge in [-0.2, -0.15) is 9.39 Å². The number of ether oxygens (including phenoxy) is 3. The van der Waals surface area contributed by atoms with Crippen LogP contribution in [0.4, 0.5) is 0 Å². The van der Waals surface area contributed by atoms with Gasteiger partial charge in [-0.25, -0.2) is 13.3 Å². The summed E-state index contributed by atoms with van der Waals surface area (Å²) in [6.45, 7) is 0. The first-order chi connectivity index (χ1) is 13.2. The van der Waals surface area contributed by atoms with Crippen molar-refractivity contribution in [3.63, 3.8) is 0 Å². The fourth-order valence-electron chi connectivity index (χ4n) is 2.59. The lowest BCUT2D eigenvalue weighted by Gasteiger charge is -2.24. The summed E-state index contributed by atoms with van der Waals surface area (Å²) in [5.74, 6) is 0.0888. The SMILES string of the molecule is COc1cc(/C=C2/C(=N)N3C(=NC2=O)SN=C3S(C)(=O)=O)cc(OC)c1OC. The number of carbonyl (C=O) groups excluding carboxylic acids is 1. The Morgan fingerprint density at radius 2 is 1.75 bits per heavy atom. The van der Waals surface area contributed by atoms with Crippen LogP contribution in [0.1, 0.15) is 5.56 Å². The lowest BCUT2D eigenvalue weighted by Crippen LogP contribution is -2.45. The molecular weight excluding hydrogens is 408 g/mol. The third-order valence-electron chi connectivity index (χ3n) is 3.82. The summed E-state index contributed by atoms with van der Waals surface area (Å²) < 4.78 is 43.5. The summed E-state index contributed by atoms with van der Waals surface area (Å²) in [6.07, 6.45) is 2.37. The lowest BCUT2D eigenvalue weighted by molar-refractivity contribution is -0.114. The molecule has 0 spiro atoms. The minimum Gasteiger partial charge on any atom is -0.493 e. The third kappa shape index (κ3) is 3.36. The molecule has 2 aliphatic heterocycles. The maximum Gasteiger partial charge on any atom is 0.283 e. The molecule has 0 aromatic heterocycles. The van der Waals surface area contributed by atoms with Gasteiger partial charge in [0, 0.05) is 6.26 Å². The van der Waals surface area contributed by atoms with E-state index in [9.17, 15) is 13.2 Å². The largest absolute Gasteiger partial charge is 0.493 e. The molecule has 28 heavy (non-hydrogen) atoms. The van der Waals surface area contributed by atoms with Crippen molar-refractivity contribution in [2.75, 3.05) is 27.6 Å². The zero-order chi connectivity index (χ0) is 20.6. The van der Waals surface area contributed by atoms with Crippen LogP contribution in [0.5, 0.6) is 17.2 Å². The number of aliphatic imine (C=N–C) groups is 1. The summed E-state index contributed by atoms with van der Waals surface area (Å²) >= 11 is 0.733. The van der Waals surface area contributed by atoms with Crippen LogP contribution < -0.4 is 14.2 Å². The van der Waals surface area contributed by atoms with E-state index in [1.54, 1.807) is 12.1 Å². The number of nitrogens with zero attached hydrogens (tertiary/aromatic N) is 3. The van der Waals surface area contributed by atoms with Crippen LogP contribution in [0.15, 0.2) is 27.1 Å². The van der Waals surface area contributed by atoms with E-state index in [2.05, 4.69) is 9.39 Å². The van der Waals surface area contributed by atoms with E-state index in [-0.39, 0.29) is 21.7 Å². The first-order valence-corrected chi connectivity index (χ1v) is 10.4. The van der Waals surface area contributed by atoms with Crippen LogP contribution in [0, 0.1) is 5.41 Å². The van der Waals surface area contributed by atoms with Crippen LogP contribution >= 0.6 is 11.9 Å². The average molecular weight is 424 g/mol. The van der Waals surface area contributed by atoms with Crippen LogP contribution in [-0.2, 0) is 14.6 Å². The van der Waals surface area contributed by atoms with Crippen LogP contribution in [0.2, 0.25) is 0 Å². The van der Waals surface area contributed by atoms with Gasteiger partial charge in [-0.15, -0.1) is 0 Å². The van der Waals surface area contributed by atoms with Crippen molar-refractivity contribution in [3.05, 3.63) is 23.3 Å². The smallest absolute Gasteiger partial charge is 0.283 e. The number of amides is 1. The molecular formula is C16H16N4O6S2. The quantitative estimate of drug-likeness (QED) is 0.566. The van der Waals surface area contributed by atoms with Crippen molar-refractivity contribution in [2.45, 2.75) is 0 Å². The van der Waals surface area contributed by atoms with Gasteiger partial charge in [0.25, 0.3) is 5.91 Å². The van der Waals surface area contributed by atoms with Gasteiger partial charge in [-0.05, 0) is 23.8 Å². The molecule has 2 aliphatic rings. The van der Waals surface area contributed by atoms with Crippen molar-refractivity contribution >= 4 is 49.9 Å². The molecule has 1 amide bonds. The Bertz CT molecular complexity index is 1050. The molecule has 0 bridgehead atoms. The van der Waals surface area contributed by atoms with Gasteiger partial charge >= 0.3 is 0 Å². The number of carbonyl (C=O) groups is 1. The molecule has 0 unspecified atom stereocenters. The maximum atomic E-state index is 12.4. The highest BCUT2D eigenvalue weighted by molar-refractivity contribution is 8.16. The standard InChI is InChI=1S/C16H16N4O6S2/c1-24-10-6-8(7-11(25-2)12(10)26-3)5-9-13(17)20-15(18-14(9)21)27-19-16(20)28(4,22)23/h5-7,17H,1-4H3/b9-5-,17-13?. The predicted octanol–water partition coefficient (Wildman–Crippen LogP) is 1.33. The summed E-state index contributed by atoms with van der Waals surface area (Å²) in [7, 11) is 0.659. The fraction of sp³-hybridized carbons (Fsp3) is 0.250. The Hall–Kier alpha value is -2.86. The highest BCUT2D eigenvalue weighted by Gasteiger charge is 2.41. The van der Waals surface area contributed by atoms with Gasteiger partial charge in [0.2, 0.25) is 25.9 Å². The minimum atomic E-state index is -3.71. The highest BCUT2D eigenvalue weighted by atomic mass is 32.2. The van der Waals surface area contributed by atoms with Crippen molar-refractivity contribution in [3.8, 4) is 17.2 Å². The molecule has 148 valence electrons. The van der Waals surface area contributed by atoms with E-state index in [1.165, 1.54) is 27.4 Å². The molecule has 0 saturated heterocycles. The molecule has 0 saturated carbocycles. The van der Waals surface area contributed by atoms with E-state index < -0.39 is 15.7 Å². The Balaban J connectivity index is 2.10. The molecule has 10 nitrogen and oxygen atoms in total. The molecule has 0 radical (unpaired) electrons. The van der Waals surface area contributed by atoms with Gasteiger partial charge in [-0.1, -0.05) is 0 Å². The molecule has 0 atom stereocenters. The van der Waals surface area contributed by atoms with Gasteiger partial charge in [0.1, 0.15) is 5.84 Å². The molecule has 1 aromatic rings. The second-order valence-corrected chi connectivity index (χ2v) is 8.28. The van der Waals surface area contributed by atoms with Crippen LogP contribution in [0.3, 0.4) is 0 Å². The first-order valence-electron chi connectivity index (χ1n) is 7.70. The monoisotopic (exact) mass is 424 g/mol. The van der Waals surface area contributed by atoms with Crippen molar-refractivity contribution in [1.29, 1.82) is 5.41 Å². The number of methoxy groups -OCH3 is 3. The molecule has 3 rings (SSSR count). The number of benzene rings is 1. The van der Waals surface area contributed by atoms with Crippen molar-refractivity contribution < 1.29 is 27.4 Å². The Morgan fingerprint density at radius 3 is 2.25 bits per heavy atom. The number of rotatable bonds is 4. The van der Waals surface area contributed by atoms with Crippen molar-refractivity contribution in [2.24, 2.45) is 9.39 Å². The van der Waals surface area contributed by atoms with E-state index >= 15 is 0 Å². The van der Waals surface area contributed by atoms with Gasteiger partial charge < -0.3 is 14.2 Å². The van der Waals surface area contributed by atoms with Crippen molar-refractivity contribution in [1.82, 2.24) is 4.90 Å². The fourth-order valence-corrected chi connectivity index (χ4v) is 4.43. The van der Waals surface area contributed by atoms with E-state index in [1.807, 2.05) is 0 Å². The zero-order valence-electron chi connectivity index (χ0n) is 15.3. The topological polar surface area (TPSA) is 131 Å². The summed E-state index contributed by atoms with van der Waals surface area (Å²) in [4.78, 5) is 17.3. The zero-order valence-corrected chi connectivity index (χ0v) is 17.0. The van der Waals surface area contributed by atoms with Gasteiger partial charge in [0.15, 0.2) is 11.5 Å². The number of hydrogen-bond acceptors (Lipinski definition) is 9. The number of sulfone groups is 1. The Kier molecular flexibility index (Phi) is 5.17. The predicted molar refractivity (Wildman–Crippen MR) is 106 cm³/mol. The number of nitrogens with one attached hydrogen (secondary N) is 1. The second kappa shape index (κ2) is 7.28. The Morgan fingerprint density at radius 1 is 1.14 bits per heavy atom. The normalized spacial score (nSPS) is 18.0. The number of amidine groups is 3. The Labute approximate surface area is 165 Å². The molecule has 2 heterocycles. The molecule has 12 heteroatoms. The average Bonchev–Trinajstić information content (AvgIpc) is 3.08. The number of hydrogen-bond donors (Lipinski definition) is 1. The number of fused-ring (bicyclic) bond motifs is 1. The van der Waals surface area contributed by atoms with Crippen LogP contribution in [0.25, 0.3) is 6.08 Å². The lowest BCUT2D eigenvalue weighted by atomic mass is 10.1. The summed E-state index contributed by atoms with van der Waals surface area (Å²) in [5.41, 5.74) is 0.378. The van der Waals surface area contributed by atoms with E-state index in [4.69, 9.17) is 19.6 Å². The second-order valence-electron chi connectivity index (χ2n) is 5.64. The molecule has 1 aromatic carbocycles. The third-order valence-corrected chi connectivity index (χ3v) is 5.58. The van der Waals surface area contributed by atoms with Crippen LogP contribution in [-0.4, -0.2) is 63.0 Å². The molecule has 1 N–H and O–H groups in total. The van der Waals surface area contributed by atoms with Gasteiger partial charge in [0.05, 0.1) is 38.9 Å².